The van der Waals surface area contributed by atoms with Gasteiger partial charge in [0.1, 0.15) is 5.75 Å². The lowest BCUT2D eigenvalue weighted by atomic mass is 10.1. The van der Waals surface area contributed by atoms with E-state index < -0.39 is 0 Å². The van der Waals surface area contributed by atoms with Gasteiger partial charge in [0.15, 0.2) is 0 Å². The summed E-state index contributed by atoms with van der Waals surface area (Å²) in [6, 6.07) is 14.4. The first kappa shape index (κ1) is 19.4. The predicted molar refractivity (Wildman–Crippen MR) is 106 cm³/mol. The van der Waals surface area contributed by atoms with Gasteiger partial charge in [-0.25, -0.2) is 0 Å². The molecule has 4 heteroatoms. The van der Waals surface area contributed by atoms with Gasteiger partial charge >= 0.3 is 0 Å². The molecular formula is C21H27NO2S. The van der Waals surface area contributed by atoms with E-state index in [4.69, 9.17) is 4.74 Å². The minimum atomic E-state index is 0.0666. The minimum Gasteiger partial charge on any atom is -0.491 e. The van der Waals surface area contributed by atoms with Crippen molar-refractivity contribution in [1.82, 2.24) is 5.32 Å². The first-order valence-corrected chi connectivity index (χ1v) is 9.75. The molecule has 0 fully saturated rings. The van der Waals surface area contributed by atoms with E-state index in [2.05, 4.69) is 37.4 Å². The van der Waals surface area contributed by atoms with Crippen molar-refractivity contribution in [3.63, 3.8) is 0 Å². The normalized spacial score (nSPS) is 10.8. The van der Waals surface area contributed by atoms with E-state index in [0.717, 1.165) is 17.1 Å². The third kappa shape index (κ3) is 7.22. The molecule has 0 bridgehead atoms. The van der Waals surface area contributed by atoms with Gasteiger partial charge in [-0.2, -0.15) is 0 Å². The Labute approximate surface area is 155 Å². The summed E-state index contributed by atoms with van der Waals surface area (Å²) in [5, 5.41) is 2.97. The van der Waals surface area contributed by atoms with E-state index in [1.165, 1.54) is 16.7 Å². The smallest absolute Gasteiger partial charge is 0.230 e. The van der Waals surface area contributed by atoms with E-state index in [1.54, 1.807) is 11.8 Å². The second kappa shape index (κ2) is 9.52. The van der Waals surface area contributed by atoms with Gasteiger partial charge in [0.05, 0.1) is 11.9 Å². The number of aryl methyl sites for hydroxylation is 2. The SMILES string of the molecule is Cc1cc(C)cc(CSCC(=O)NCc2ccc(OC(C)C)cc2)c1. The fraction of sp³-hybridized carbons (Fsp3) is 0.381. The summed E-state index contributed by atoms with van der Waals surface area (Å²) >= 11 is 1.64. The van der Waals surface area contributed by atoms with Crippen LogP contribution in [0.2, 0.25) is 0 Å². The quantitative estimate of drug-likeness (QED) is 0.748. The summed E-state index contributed by atoms with van der Waals surface area (Å²) in [6.07, 6.45) is 0.166. The molecule has 2 aromatic carbocycles. The summed E-state index contributed by atoms with van der Waals surface area (Å²) in [4.78, 5) is 12.0. The van der Waals surface area contributed by atoms with Crippen molar-refractivity contribution in [2.75, 3.05) is 5.75 Å². The van der Waals surface area contributed by atoms with Crippen molar-refractivity contribution in [2.24, 2.45) is 0 Å². The summed E-state index contributed by atoms with van der Waals surface area (Å²) in [5.41, 5.74) is 4.88. The van der Waals surface area contributed by atoms with Gasteiger partial charge in [-0.1, -0.05) is 41.5 Å². The molecule has 1 N–H and O–H groups in total. The predicted octanol–water partition coefficient (Wildman–Crippen LogP) is 4.64. The molecule has 0 saturated heterocycles. The van der Waals surface area contributed by atoms with Crippen LogP contribution in [0, 0.1) is 13.8 Å². The molecule has 0 radical (unpaired) electrons. The third-order valence-electron chi connectivity index (χ3n) is 3.57. The van der Waals surface area contributed by atoms with Gasteiger partial charge < -0.3 is 10.1 Å². The maximum absolute atomic E-state index is 12.0. The molecule has 25 heavy (non-hydrogen) atoms. The molecule has 0 aliphatic rings. The van der Waals surface area contributed by atoms with Crippen LogP contribution in [0.3, 0.4) is 0 Å². The number of rotatable bonds is 8. The Morgan fingerprint density at radius 1 is 1.04 bits per heavy atom. The van der Waals surface area contributed by atoms with Crippen molar-refractivity contribution in [2.45, 2.75) is 46.1 Å². The van der Waals surface area contributed by atoms with Crippen LogP contribution >= 0.6 is 11.8 Å². The summed E-state index contributed by atoms with van der Waals surface area (Å²) in [7, 11) is 0. The molecule has 1 amide bonds. The van der Waals surface area contributed by atoms with Crippen LogP contribution < -0.4 is 10.1 Å². The maximum Gasteiger partial charge on any atom is 0.230 e. The number of carbonyl (C=O) groups excluding carboxylic acids is 1. The maximum atomic E-state index is 12.0. The largest absolute Gasteiger partial charge is 0.491 e. The zero-order valence-corrected chi connectivity index (χ0v) is 16.3. The zero-order chi connectivity index (χ0) is 18.2. The third-order valence-corrected chi connectivity index (χ3v) is 4.57. The Balaban J connectivity index is 1.71. The molecule has 0 aliphatic heterocycles. The average molecular weight is 358 g/mol. The standard InChI is InChI=1S/C21H27NO2S/c1-15(2)24-20-7-5-18(6-8-20)12-22-21(23)14-25-13-19-10-16(3)9-17(4)11-19/h5-11,15H,12-14H2,1-4H3,(H,22,23). The molecule has 0 aromatic heterocycles. The van der Waals surface area contributed by atoms with Gasteiger partial charge in [-0.3, -0.25) is 4.79 Å². The topological polar surface area (TPSA) is 38.3 Å². The molecule has 0 aliphatic carbocycles. The van der Waals surface area contributed by atoms with Crippen molar-refractivity contribution >= 4 is 17.7 Å². The Bertz CT molecular complexity index is 675. The van der Waals surface area contributed by atoms with E-state index in [0.29, 0.717) is 12.3 Å². The van der Waals surface area contributed by atoms with Crippen molar-refractivity contribution in [3.05, 3.63) is 64.7 Å². The molecule has 3 nitrogen and oxygen atoms in total. The van der Waals surface area contributed by atoms with E-state index >= 15 is 0 Å². The van der Waals surface area contributed by atoms with Crippen molar-refractivity contribution in [1.29, 1.82) is 0 Å². The minimum absolute atomic E-state index is 0.0666. The van der Waals surface area contributed by atoms with E-state index in [9.17, 15) is 4.79 Å². The van der Waals surface area contributed by atoms with E-state index in [-0.39, 0.29) is 12.0 Å². The lowest BCUT2D eigenvalue weighted by Gasteiger charge is -2.10. The Kier molecular flexibility index (Phi) is 7.38. The summed E-state index contributed by atoms with van der Waals surface area (Å²) in [5.74, 6) is 2.25. The van der Waals surface area contributed by atoms with Crippen LogP contribution in [-0.2, 0) is 17.1 Å². The lowest BCUT2D eigenvalue weighted by molar-refractivity contribution is -0.118. The second-order valence-electron chi connectivity index (χ2n) is 6.58. The van der Waals surface area contributed by atoms with Crippen LogP contribution in [0.25, 0.3) is 0 Å². The summed E-state index contributed by atoms with van der Waals surface area (Å²) in [6.45, 7) is 8.76. The lowest BCUT2D eigenvalue weighted by Crippen LogP contribution is -2.24. The molecule has 0 saturated carbocycles. The highest BCUT2D eigenvalue weighted by Gasteiger charge is 2.04. The highest BCUT2D eigenvalue weighted by molar-refractivity contribution is 7.99. The highest BCUT2D eigenvalue weighted by atomic mass is 32.2. The van der Waals surface area contributed by atoms with Crippen LogP contribution in [-0.4, -0.2) is 17.8 Å². The molecule has 0 spiro atoms. The van der Waals surface area contributed by atoms with Crippen LogP contribution in [0.1, 0.15) is 36.1 Å². The van der Waals surface area contributed by atoms with Gasteiger partial charge in [0.25, 0.3) is 0 Å². The molecule has 0 unspecified atom stereocenters. The first-order valence-electron chi connectivity index (χ1n) is 8.59. The number of hydrogen-bond donors (Lipinski definition) is 1. The van der Waals surface area contributed by atoms with Crippen molar-refractivity contribution < 1.29 is 9.53 Å². The fourth-order valence-corrected chi connectivity index (χ4v) is 3.42. The number of ether oxygens (including phenoxy) is 1. The van der Waals surface area contributed by atoms with Crippen molar-refractivity contribution in [3.8, 4) is 5.75 Å². The molecular weight excluding hydrogens is 330 g/mol. The van der Waals surface area contributed by atoms with E-state index in [1.807, 2.05) is 38.1 Å². The number of nitrogens with one attached hydrogen (secondary N) is 1. The van der Waals surface area contributed by atoms with Gasteiger partial charge in [0.2, 0.25) is 5.91 Å². The van der Waals surface area contributed by atoms with Crippen LogP contribution in [0.15, 0.2) is 42.5 Å². The Morgan fingerprint density at radius 3 is 2.28 bits per heavy atom. The summed E-state index contributed by atoms with van der Waals surface area (Å²) < 4.78 is 5.62. The molecule has 2 rings (SSSR count). The molecule has 134 valence electrons. The fourth-order valence-electron chi connectivity index (χ4n) is 2.62. The van der Waals surface area contributed by atoms with Gasteiger partial charge in [0, 0.05) is 12.3 Å². The number of amides is 1. The number of carbonyl (C=O) groups is 1. The Hall–Kier alpha value is -1.94. The monoisotopic (exact) mass is 357 g/mol. The van der Waals surface area contributed by atoms with Crippen LogP contribution in [0.4, 0.5) is 0 Å². The highest BCUT2D eigenvalue weighted by Crippen LogP contribution is 2.16. The molecule has 2 aromatic rings. The second-order valence-corrected chi connectivity index (χ2v) is 7.56. The zero-order valence-electron chi connectivity index (χ0n) is 15.5. The number of hydrogen-bond acceptors (Lipinski definition) is 3. The molecule has 0 heterocycles. The first-order chi connectivity index (χ1) is 11.9. The molecule has 0 atom stereocenters. The number of thioether (sulfide) groups is 1. The number of benzene rings is 2. The Morgan fingerprint density at radius 2 is 1.68 bits per heavy atom. The van der Waals surface area contributed by atoms with Gasteiger partial charge in [-0.15, -0.1) is 11.8 Å². The van der Waals surface area contributed by atoms with Gasteiger partial charge in [-0.05, 0) is 51.0 Å². The average Bonchev–Trinajstić information content (AvgIpc) is 2.53. The van der Waals surface area contributed by atoms with Crippen LogP contribution in [0.5, 0.6) is 5.75 Å².